The summed E-state index contributed by atoms with van der Waals surface area (Å²) in [5.74, 6) is 1.15. The largest absolute Gasteiger partial charge is 0.497 e. The average Bonchev–Trinajstić information content (AvgIpc) is 3.24. The molecule has 5 heteroatoms. The fourth-order valence-electron chi connectivity index (χ4n) is 6.63. The van der Waals surface area contributed by atoms with Crippen molar-refractivity contribution in [1.82, 2.24) is 0 Å². The van der Waals surface area contributed by atoms with E-state index in [4.69, 9.17) is 18.9 Å². The zero-order chi connectivity index (χ0) is 21.4. The van der Waals surface area contributed by atoms with Crippen molar-refractivity contribution >= 4 is 0 Å². The molecule has 1 heterocycles. The molecule has 2 unspecified atom stereocenters. The predicted molar refractivity (Wildman–Crippen MR) is 115 cm³/mol. The van der Waals surface area contributed by atoms with Crippen LogP contribution >= 0.6 is 0 Å². The number of rotatable bonds is 6. The van der Waals surface area contributed by atoms with Crippen molar-refractivity contribution in [2.24, 2.45) is 11.3 Å². The first-order chi connectivity index (χ1) is 14.4. The lowest BCUT2D eigenvalue weighted by molar-refractivity contribution is -0.0485. The van der Waals surface area contributed by atoms with E-state index in [1.54, 1.807) is 7.11 Å². The van der Waals surface area contributed by atoms with Gasteiger partial charge < -0.3 is 18.9 Å². The van der Waals surface area contributed by atoms with Gasteiger partial charge in [0.05, 0.1) is 38.9 Å². The molecule has 2 aliphatic carbocycles. The molecule has 0 amide bonds. The highest BCUT2D eigenvalue weighted by atomic mass is 16.7. The number of fused-ring (bicyclic) bond motifs is 3. The lowest BCUT2D eigenvalue weighted by Crippen LogP contribution is -2.51. The molecule has 1 aliphatic heterocycles. The van der Waals surface area contributed by atoms with Crippen LogP contribution in [0.2, 0.25) is 0 Å². The third-order valence-corrected chi connectivity index (χ3v) is 7.97. The van der Waals surface area contributed by atoms with Crippen LogP contribution in [0.5, 0.6) is 5.75 Å². The molecule has 4 atom stereocenters. The Balaban J connectivity index is 1.77. The summed E-state index contributed by atoms with van der Waals surface area (Å²) in [4.78, 5) is 0. The van der Waals surface area contributed by atoms with Crippen LogP contribution in [0.3, 0.4) is 0 Å². The Bertz CT molecular complexity index is 808. The van der Waals surface area contributed by atoms with Crippen molar-refractivity contribution in [1.29, 1.82) is 5.26 Å². The zero-order valence-corrected chi connectivity index (χ0v) is 18.8. The van der Waals surface area contributed by atoms with Gasteiger partial charge in [-0.3, -0.25) is 0 Å². The van der Waals surface area contributed by atoms with Crippen molar-refractivity contribution < 1.29 is 18.9 Å². The zero-order valence-electron chi connectivity index (χ0n) is 18.8. The van der Waals surface area contributed by atoms with Gasteiger partial charge in [0.15, 0.2) is 6.29 Å². The molecular weight excluding hydrogens is 378 g/mol. The minimum absolute atomic E-state index is 0.0722. The number of hydrogen-bond acceptors (Lipinski definition) is 5. The fourth-order valence-corrected chi connectivity index (χ4v) is 6.63. The standard InChI is InChI=1S/C25H35NO4/c1-24(16-27-3)8-5-9-25(2)21-14-18(28-4)13-20(19(21)6-7-22(24)25)17(15-26)12-23-29-10-11-30-23/h13-14,17,22-23H,5-12,16H2,1-4H3/t17?,22?,24-,25-/m1/s1. The van der Waals surface area contributed by atoms with Gasteiger partial charge in [-0.15, -0.1) is 0 Å². The highest BCUT2D eigenvalue weighted by Crippen LogP contribution is 2.58. The minimum atomic E-state index is -0.289. The topological polar surface area (TPSA) is 60.7 Å². The first-order valence-corrected chi connectivity index (χ1v) is 11.3. The van der Waals surface area contributed by atoms with E-state index in [-0.39, 0.29) is 23.0 Å². The highest BCUT2D eigenvalue weighted by Gasteiger charge is 2.52. The van der Waals surface area contributed by atoms with E-state index in [0.29, 0.717) is 25.6 Å². The third kappa shape index (κ3) is 3.64. The molecule has 0 radical (unpaired) electrons. The molecule has 164 valence electrons. The summed E-state index contributed by atoms with van der Waals surface area (Å²) in [6.07, 6.45) is 5.99. The average molecular weight is 414 g/mol. The van der Waals surface area contributed by atoms with E-state index in [9.17, 15) is 5.26 Å². The second-order valence-corrected chi connectivity index (χ2v) is 9.78. The minimum Gasteiger partial charge on any atom is -0.497 e. The van der Waals surface area contributed by atoms with E-state index in [1.807, 2.05) is 7.11 Å². The van der Waals surface area contributed by atoms with Gasteiger partial charge in [-0.05, 0) is 71.3 Å². The molecule has 1 saturated carbocycles. The second kappa shape index (κ2) is 8.49. The molecular formula is C25H35NO4. The van der Waals surface area contributed by atoms with Crippen LogP contribution in [-0.2, 0) is 26.0 Å². The predicted octanol–water partition coefficient (Wildman–Crippen LogP) is 4.72. The lowest BCUT2D eigenvalue weighted by atomic mass is 9.49. The summed E-state index contributed by atoms with van der Waals surface area (Å²) in [5, 5.41) is 10.0. The van der Waals surface area contributed by atoms with Crippen LogP contribution in [0.25, 0.3) is 0 Å². The summed E-state index contributed by atoms with van der Waals surface area (Å²) in [5.41, 5.74) is 4.08. The highest BCUT2D eigenvalue weighted by molar-refractivity contribution is 5.51. The maximum atomic E-state index is 10.0. The maximum Gasteiger partial charge on any atom is 0.159 e. The SMILES string of the molecule is COC[C@@]1(C)CCC[C@]2(C)c3cc(OC)cc(C(C#N)CC4OCCO4)c3CCC12. The number of methoxy groups -OCH3 is 2. The molecule has 0 bridgehead atoms. The van der Waals surface area contributed by atoms with Crippen molar-refractivity contribution in [3.05, 3.63) is 28.8 Å². The van der Waals surface area contributed by atoms with Gasteiger partial charge in [0.1, 0.15) is 5.75 Å². The number of hydrogen-bond donors (Lipinski definition) is 0. The lowest BCUT2D eigenvalue weighted by Gasteiger charge is -2.55. The van der Waals surface area contributed by atoms with Gasteiger partial charge in [-0.25, -0.2) is 0 Å². The summed E-state index contributed by atoms with van der Waals surface area (Å²) in [6, 6.07) is 6.84. The van der Waals surface area contributed by atoms with Gasteiger partial charge in [-0.2, -0.15) is 5.26 Å². The molecule has 30 heavy (non-hydrogen) atoms. The molecule has 5 nitrogen and oxygen atoms in total. The Kier molecular flexibility index (Phi) is 6.12. The Morgan fingerprint density at radius 3 is 2.63 bits per heavy atom. The third-order valence-electron chi connectivity index (χ3n) is 7.97. The number of nitriles is 1. The molecule has 3 aliphatic rings. The fraction of sp³-hybridized carbons (Fsp3) is 0.720. The van der Waals surface area contributed by atoms with Crippen LogP contribution in [0.4, 0.5) is 0 Å². The summed E-state index contributed by atoms with van der Waals surface area (Å²) in [6.45, 7) is 6.85. The smallest absolute Gasteiger partial charge is 0.159 e. The van der Waals surface area contributed by atoms with Gasteiger partial charge >= 0.3 is 0 Å². The Labute approximate surface area is 180 Å². The van der Waals surface area contributed by atoms with Gasteiger partial charge in [0, 0.05) is 13.5 Å². The van der Waals surface area contributed by atoms with Crippen molar-refractivity contribution in [2.45, 2.75) is 70.0 Å². The van der Waals surface area contributed by atoms with E-state index >= 15 is 0 Å². The van der Waals surface area contributed by atoms with E-state index in [0.717, 1.165) is 30.8 Å². The van der Waals surface area contributed by atoms with Crippen molar-refractivity contribution in [3.8, 4) is 11.8 Å². The number of benzene rings is 1. The number of nitrogens with zero attached hydrogens (tertiary/aromatic N) is 1. The quantitative estimate of drug-likeness (QED) is 0.675. The Hall–Kier alpha value is -1.61. The molecule has 2 fully saturated rings. The number of ether oxygens (including phenoxy) is 4. The van der Waals surface area contributed by atoms with Crippen molar-refractivity contribution in [2.75, 3.05) is 34.0 Å². The van der Waals surface area contributed by atoms with Gasteiger partial charge in [0.2, 0.25) is 0 Å². The Morgan fingerprint density at radius 2 is 1.97 bits per heavy atom. The van der Waals surface area contributed by atoms with Crippen LogP contribution in [0, 0.1) is 22.7 Å². The summed E-state index contributed by atoms with van der Waals surface area (Å²) >= 11 is 0. The van der Waals surface area contributed by atoms with E-state index in [2.05, 4.69) is 32.0 Å². The first-order valence-electron chi connectivity index (χ1n) is 11.3. The van der Waals surface area contributed by atoms with Crippen LogP contribution in [0.15, 0.2) is 12.1 Å². The summed E-state index contributed by atoms with van der Waals surface area (Å²) in [7, 11) is 3.54. The molecule has 4 rings (SSSR count). The van der Waals surface area contributed by atoms with E-state index < -0.39 is 0 Å². The van der Waals surface area contributed by atoms with Gasteiger partial charge in [0.25, 0.3) is 0 Å². The normalized spacial score (nSPS) is 32.2. The second-order valence-electron chi connectivity index (χ2n) is 9.78. The maximum absolute atomic E-state index is 10.0. The van der Waals surface area contributed by atoms with Gasteiger partial charge in [-0.1, -0.05) is 20.3 Å². The van der Waals surface area contributed by atoms with E-state index in [1.165, 1.54) is 30.4 Å². The van der Waals surface area contributed by atoms with Crippen LogP contribution in [0.1, 0.15) is 68.6 Å². The molecule has 1 aromatic carbocycles. The van der Waals surface area contributed by atoms with Crippen molar-refractivity contribution in [3.63, 3.8) is 0 Å². The molecule has 0 aromatic heterocycles. The molecule has 0 N–H and O–H groups in total. The molecule has 1 aromatic rings. The van der Waals surface area contributed by atoms with Crippen LogP contribution in [-0.4, -0.2) is 40.3 Å². The molecule has 1 saturated heterocycles. The monoisotopic (exact) mass is 413 g/mol. The summed E-state index contributed by atoms with van der Waals surface area (Å²) < 4.78 is 22.7. The Morgan fingerprint density at radius 1 is 1.20 bits per heavy atom. The molecule has 0 spiro atoms. The van der Waals surface area contributed by atoms with Crippen LogP contribution < -0.4 is 4.74 Å². The first kappa shape index (κ1) is 21.6.